The molecule has 20 heavy (non-hydrogen) atoms. The minimum atomic E-state index is -3.70. The van der Waals surface area contributed by atoms with E-state index in [1.807, 2.05) is 13.0 Å². The molecule has 1 N–H and O–H groups in total. The molecule has 2 aromatic carbocycles. The molecule has 0 heterocycles. The molecule has 106 valence electrons. The number of hydrogen-bond acceptors (Lipinski definition) is 2. The monoisotopic (exact) mass is 393 g/mol. The van der Waals surface area contributed by atoms with Crippen LogP contribution in [0.3, 0.4) is 0 Å². The highest BCUT2D eigenvalue weighted by Gasteiger charge is 2.16. The Morgan fingerprint density at radius 3 is 2.35 bits per heavy atom. The zero-order valence-electron chi connectivity index (χ0n) is 10.3. The van der Waals surface area contributed by atoms with Gasteiger partial charge in [0.25, 0.3) is 10.0 Å². The summed E-state index contributed by atoms with van der Waals surface area (Å²) in [5.41, 5.74) is 1.32. The minimum absolute atomic E-state index is 0.0641. The molecule has 0 unspecified atom stereocenters. The highest BCUT2D eigenvalue weighted by molar-refractivity contribution is 9.10. The van der Waals surface area contributed by atoms with Crippen molar-refractivity contribution in [2.24, 2.45) is 0 Å². The van der Waals surface area contributed by atoms with E-state index in [9.17, 15) is 8.42 Å². The van der Waals surface area contributed by atoms with Gasteiger partial charge in [-0.15, -0.1) is 0 Å². The Morgan fingerprint density at radius 2 is 1.75 bits per heavy atom. The van der Waals surface area contributed by atoms with Crippen molar-refractivity contribution in [2.75, 3.05) is 4.72 Å². The molecule has 0 aliphatic rings. The normalized spacial score (nSPS) is 11.4. The predicted molar refractivity (Wildman–Crippen MR) is 86.1 cm³/mol. The zero-order valence-corrected chi connectivity index (χ0v) is 14.2. The van der Waals surface area contributed by atoms with Gasteiger partial charge in [0, 0.05) is 4.47 Å². The van der Waals surface area contributed by atoms with Crippen LogP contribution in [-0.4, -0.2) is 8.42 Å². The van der Waals surface area contributed by atoms with Gasteiger partial charge in [0.2, 0.25) is 0 Å². The Balaban J connectivity index is 2.38. The first kappa shape index (κ1) is 15.6. The lowest BCUT2D eigenvalue weighted by atomic mass is 10.2. The first-order valence-corrected chi connectivity index (χ1v) is 8.57. The Labute approximate surface area is 136 Å². The molecule has 2 rings (SSSR count). The summed E-state index contributed by atoms with van der Waals surface area (Å²) < 4.78 is 28.0. The van der Waals surface area contributed by atoms with Crippen LogP contribution in [0, 0.1) is 6.92 Å². The van der Waals surface area contributed by atoms with E-state index in [0.29, 0.717) is 10.7 Å². The maximum atomic E-state index is 12.3. The lowest BCUT2D eigenvalue weighted by molar-refractivity contribution is 0.601. The van der Waals surface area contributed by atoms with Gasteiger partial charge in [-0.3, -0.25) is 4.72 Å². The molecule has 0 aromatic heterocycles. The number of benzene rings is 2. The van der Waals surface area contributed by atoms with Crippen molar-refractivity contribution in [3.63, 3.8) is 0 Å². The number of anilines is 1. The van der Waals surface area contributed by atoms with Crippen LogP contribution < -0.4 is 4.72 Å². The zero-order chi connectivity index (χ0) is 14.9. The fraction of sp³-hybridized carbons (Fsp3) is 0.0769. The maximum Gasteiger partial charge on any atom is 0.261 e. The van der Waals surface area contributed by atoms with E-state index in [0.717, 1.165) is 10.0 Å². The van der Waals surface area contributed by atoms with Crippen molar-refractivity contribution in [3.8, 4) is 0 Å². The largest absolute Gasteiger partial charge is 0.279 e. The number of sulfonamides is 1. The molecule has 0 aliphatic carbocycles. The molecule has 0 fully saturated rings. The average molecular weight is 395 g/mol. The number of nitrogens with one attached hydrogen (secondary N) is 1. The molecule has 2 aromatic rings. The summed E-state index contributed by atoms with van der Waals surface area (Å²) in [6.45, 7) is 1.82. The summed E-state index contributed by atoms with van der Waals surface area (Å²) in [4.78, 5) is 0.0641. The van der Waals surface area contributed by atoms with E-state index in [4.69, 9.17) is 23.2 Å². The Bertz CT molecular complexity index is 763. The number of aryl methyl sites for hydroxylation is 1. The second-order valence-electron chi connectivity index (χ2n) is 4.14. The molecule has 0 aliphatic heterocycles. The average Bonchev–Trinajstić information content (AvgIpc) is 2.36. The molecule has 0 spiro atoms. The van der Waals surface area contributed by atoms with Crippen LogP contribution in [0.1, 0.15) is 5.56 Å². The molecular weight excluding hydrogens is 385 g/mol. The van der Waals surface area contributed by atoms with Gasteiger partial charge in [-0.1, -0.05) is 39.1 Å². The number of halogens is 3. The van der Waals surface area contributed by atoms with Gasteiger partial charge in [0.15, 0.2) is 0 Å². The lowest BCUT2D eigenvalue weighted by Crippen LogP contribution is -2.13. The molecule has 7 heteroatoms. The summed E-state index contributed by atoms with van der Waals surface area (Å²) in [5, 5.41) is 0.507. The third-order valence-electron chi connectivity index (χ3n) is 2.63. The van der Waals surface area contributed by atoms with Gasteiger partial charge in [0.05, 0.1) is 20.6 Å². The molecule has 0 saturated heterocycles. The van der Waals surface area contributed by atoms with Crippen LogP contribution in [0.5, 0.6) is 0 Å². The van der Waals surface area contributed by atoms with E-state index in [2.05, 4.69) is 20.7 Å². The van der Waals surface area contributed by atoms with E-state index < -0.39 is 10.0 Å². The van der Waals surface area contributed by atoms with Crippen LogP contribution in [0.2, 0.25) is 10.0 Å². The van der Waals surface area contributed by atoms with E-state index in [1.165, 1.54) is 18.2 Å². The van der Waals surface area contributed by atoms with Crippen LogP contribution in [0.25, 0.3) is 0 Å². The number of rotatable bonds is 3. The second-order valence-corrected chi connectivity index (χ2v) is 7.55. The van der Waals surface area contributed by atoms with Gasteiger partial charge < -0.3 is 0 Å². The van der Waals surface area contributed by atoms with Crippen molar-refractivity contribution in [1.29, 1.82) is 0 Å². The van der Waals surface area contributed by atoms with E-state index in [-0.39, 0.29) is 9.92 Å². The molecule has 0 bridgehead atoms. The lowest BCUT2D eigenvalue weighted by Gasteiger charge is -2.11. The SMILES string of the molecule is Cc1cc(Br)ccc1NS(=O)(=O)c1ccc(Cl)c(Cl)c1. The van der Waals surface area contributed by atoms with Crippen molar-refractivity contribution < 1.29 is 8.42 Å². The van der Waals surface area contributed by atoms with Crippen molar-refractivity contribution in [3.05, 3.63) is 56.5 Å². The Kier molecular flexibility index (Phi) is 4.64. The summed E-state index contributed by atoms with van der Waals surface area (Å²) in [7, 11) is -3.70. The van der Waals surface area contributed by atoms with Gasteiger partial charge in [-0.25, -0.2) is 8.42 Å². The summed E-state index contributed by atoms with van der Waals surface area (Å²) in [5.74, 6) is 0. The maximum absolute atomic E-state index is 12.3. The van der Waals surface area contributed by atoms with Gasteiger partial charge in [-0.05, 0) is 48.9 Å². The molecule has 0 saturated carbocycles. The van der Waals surface area contributed by atoms with Crippen molar-refractivity contribution >= 4 is 54.8 Å². The molecular formula is C13H10BrCl2NO2S. The third kappa shape index (κ3) is 3.47. The van der Waals surface area contributed by atoms with Crippen LogP contribution in [-0.2, 0) is 10.0 Å². The molecule has 0 radical (unpaired) electrons. The standard InChI is InChI=1S/C13H10BrCl2NO2S/c1-8-6-9(14)2-5-13(8)17-20(18,19)10-3-4-11(15)12(16)7-10/h2-7,17H,1H3. The fourth-order valence-electron chi connectivity index (χ4n) is 1.59. The van der Waals surface area contributed by atoms with Crippen LogP contribution in [0.15, 0.2) is 45.8 Å². The molecule has 0 amide bonds. The van der Waals surface area contributed by atoms with Crippen molar-refractivity contribution in [1.82, 2.24) is 0 Å². The van der Waals surface area contributed by atoms with Crippen LogP contribution in [0.4, 0.5) is 5.69 Å². The Morgan fingerprint density at radius 1 is 1.05 bits per heavy atom. The predicted octanol–water partition coefficient (Wildman–Crippen LogP) is 4.87. The van der Waals surface area contributed by atoms with Crippen LogP contribution >= 0.6 is 39.1 Å². The molecule has 3 nitrogen and oxygen atoms in total. The summed E-state index contributed by atoms with van der Waals surface area (Å²) in [6.07, 6.45) is 0. The van der Waals surface area contributed by atoms with Gasteiger partial charge >= 0.3 is 0 Å². The fourth-order valence-corrected chi connectivity index (χ4v) is 3.58. The summed E-state index contributed by atoms with van der Waals surface area (Å²) >= 11 is 15.0. The van der Waals surface area contributed by atoms with Gasteiger partial charge in [-0.2, -0.15) is 0 Å². The van der Waals surface area contributed by atoms with E-state index >= 15 is 0 Å². The summed E-state index contributed by atoms with van der Waals surface area (Å²) in [6, 6.07) is 9.46. The molecule has 0 atom stereocenters. The smallest absolute Gasteiger partial charge is 0.261 e. The highest BCUT2D eigenvalue weighted by atomic mass is 79.9. The quantitative estimate of drug-likeness (QED) is 0.807. The minimum Gasteiger partial charge on any atom is -0.279 e. The Hall–Kier alpha value is -0.750. The second kappa shape index (κ2) is 5.93. The number of hydrogen-bond donors (Lipinski definition) is 1. The highest BCUT2D eigenvalue weighted by Crippen LogP contribution is 2.27. The third-order valence-corrected chi connectivity index (χ3v) is 5.23. The van der Waals surface area contributed by atoms with Gasteiger partial charge in [0.1, 0.15) is 0 Å². The first-order chi connectivity index (χ1) is 9.29. The topological polar surface area (TPSA) is 46.2 Å². The van der Waals surface area contributed by atoms with Crippen molar-refractivity contribution in [2.45, 2.75) is 11.8 Å². The first-order valence-electron chi connectivity index (χ1n) is 5.53. The van der Waals surface area contributed by atoms with E-state index in [1.54, 1.807) is 12.1 Å².